The van der Waals surface area contributed by atoms with E-state index in [2.05, 4.69) is 10.5 Å². The molecule has 1 N–H and O–H groups in total. The van der Waals surface area contributed by atoms with Crippen LogP contribution in [-0.4, -0.2) is 15.9 Å². The molecule has 86 valence electrons. The zero-order chi connectivity index (χ0) is 12.2. The van der Waals surface area contributed by atoms with E-state index in [0.717, 1.165) is 18.3 Å². The highest BCUT2D eigenvalue weighted by Gasteiger charge is 2.15. The van der Waals surface area contributed by atoms with Crippen molar-refractivity contribution < 1.29 is 9.18 Å². The van der Waals surface area contributed by atoms with E-state index in [9.17, 15) is 9.18 Å². The fraction of sp³-hybridized carbons (Fsp3) is 0.111. The Hall–Kier alpha value is -0.840. The van der Waals surface area contributed by atoms with Crippen molar-refractivity contribution in [2.45, 2.75) is 3.79 Å². The summed E-state index contributed by atoms with van der Waals surface area (Å²) in [5, 5.41) is 3.43. The number of nitrogens with zero attached hydrogens (tertiary/aromatic N) is 1. The minimum atomic E-state index is -1.67. The lowest BCUT2D eigenvalue weighted by atomic mass is 10.2. The minimum Gasteiger partial charge on any atom is -0.267 e. The Morgan fingerprint density at radius 3 is 2.38 bits per heavy atom. The van der Waals surface area contributed by atoms with E-state index >= 15 is 0 Å². The van der Waals surface area contributed by atoms with Crippen molar-refractivity contribution in [1.29, 1.82) is 0 Å². The summed E-state index contributed by atoms with van der Waals surface area (Å²) in [4.78, 5) is 11.4. The highest BCUT2D eigenvalue weighted by Crippen LogP contribution is 2.22. The average Bonchev–Trinajstić information content (AvgIpc) is 2.16. The SMILES string of the molecule is O=C(NN=CC(Cl)(Cl)Cl)c1ccc(F)cc1. The molecule has 3 nitrogen and oxygen atoms in total. The van der Waals surface area contributed by atoms with Crippen LogP contribution in [0.1, 0.15) is 10.4 Å². The summed E-state index contributed by atoms with van der Waals surface area (Å²) < 4.78 is 10.9. The van der Waals surface area contributed by atoms with Crippen LogP contribution in [0.5, 0.6) is 0 Å². The van der Waals surface area contributed by atoms with E-state index < -0.39 is 15.5 Å². The summed E-state index contributed by atoms with van der Waals surface area (Å²) in [6.07, 6.45) is 0.944. The monoisotopic (exact) mass is 282 g/mol. The van der Waals surface area contributed by atoms with Crippen molar-refractivity contribution in [3.8, 4) is 0 Å². The number of carbonyl (C=O) groups is 1. The molecular weight excluding hydrogens is 277 g/mol. The van der Waals surface area contributed by atoms with Gasteiger partial charge in [-0.15, -0.1) is 0 Å². The number of alkyl halides is 3. The molecule has 1 rings (SSSR count). The molecule has 0 aliphatic carbocycles. The number of hydrazone groups is 1. The molecule has 0 aromatic heterocycles. The first kappa shape index (κ1) is 13.2. The number of halogens is 4. The third kappa shape index (κ3) is 4.79. The molecule has 16 heavy (non-hydrogen) atoms. The van der Waals surface area contributed by atoms with Crippen molar-refractivity contribution >= 4 is 46.9 Å². The van der Waals surface area contributed by atoms with Crippen LogP contribution >= 0.6 is 34.8 Å². The highest BCUT2D eigenvalue weighted by atomic mass is 35.6. The standard InChI is InChI=1S/C9H6Cl3FN2O/c10-9(11,12)5-14-15-8(16)6-1-3-7(13)4-2-6/h1-5H,(H,15,16). The van der Waals surface area contributed by atoms with Crippen LogP contribution in [0, 0.1) is 5.82 Å². The van der Waals surface area contributed by atoms with Crippen LogP contribution < -0.4 is 5.43 Å². The van der Waals surface area contributed by atoms with Gasteiger partial charge < -0.3 is 0 Å². The summed E-state index contributed by atoms with van der Waals surface area (Å²) in [7, 11) is 0. The van der Waals surface area contributed by atoms with E-state index in [4.69, 9.17) is 34.8 Å². The molecule has 0 radical (unpaired) electrons. The largest absolute Gasteiger partial charge is 0.271 e. The van der Waals surface area contributed by atoms with Gasteiger partial charge in [-0.25, -0.2) is 9.82 Å². The van der Waals surface area contributed by atoms with E-state index in [1.54, 1.807) is 0 Å². The molecule has 7 heteroatoms. The van der Waals surface area contributed by atoms with Crippen molar-refractivity contribution in [2.24, 2.45) is 5.10 Å². The Morgan fingerprint density at radius 2 is 1.88 bits per heavy atom. The van der Waals surface area contributed by atoms with Crippen LogP contribution in [0.25, 0.3) is 0 Å². The second-order valence-electron chi connectivity index (χ2n) is 2.75. The first-order valence-corrected chi connectivity index (χ1v) is 5.19. The van der Waals surface area contributed by atoms with E-state index in [1.807, 2.05) is 0 Å². The lowest BCUT2D eigenvalue weighted by molar-refractivity contribution is 0.0955. The molecule has 0 fully saturated rings. The molecule has 1 aromatic carbocycles. The summed E-state index contributed by atoms with van der Waals surface area (Å²) in [6.45, 7) is 0. The van der Waals surface area contributed by atoms with Gasteiger partial charge in [0, 0.05) is 5.56 Å². The molecule has 0 atom stereocenters. The van der Waals surface area contributed by atoms with Crippen molar-refractivity contribution in [3.05, 3.63) is 35.6 Å². The zero-order valence-corrected chi connectivity index (χ0v) is 10.0. The molecule has 0 heterocycles. The van der Waals surface area contributed by atoms with Crippen molar-refractivity contribution in [3.63, 3.8) is 0 Å². The Labute approximate surface area is 106 Å². The van der Waals surface area contributed by atoms with Crippen LogP contribution in [-0.2, 0) is 0 Å². The molecule has 0 saturated heterocycles. The van der Waals surface area contributed by atoms with Gasteiger partial charge in [-0.3, -0.25) is 4.79 Å². The average molecular weight is 284 g/mol. The molecule has 1 aromatic rings. The van der Waals surface area contributed by atoms with Gasteiger partial charge in [0.25, 0.3) is 5.91 Å². The predicted octanol–water partition coefficient (Wildman–Crippen LogP) is 2.91. The van der Waals surface area contributed by atoms with Crippen LogP contribution in [0.3, 0.4) is 0 Å². The maximum atomic E-state index is 12.5. The van der Waals surface area contributed by atoms with E-state index in [1.165, 1.54) is 12.1 Å². The number of hydrogen-bond donors (Lipinski definition) is 1. The van der Waals surface area contributed by atoms with Gasteiger partial charge >= 0.3 is 0 Å². The van der Waals surface area contributed by atoms with Gasteiger partial charge in [-0.2, -0.15) is 5.10 Å². The summed E-state index contributed by atoms with van der Waals surface area (Å²) in [6, 6.07) is 4.95. The zero-order valence-electron chi connectivity index (χ0n) is 7.75. The van der Waals surface area contributed by atoms with Crippen molar-refractivity contribution in [1.82, 2.24) is 5.43 Å². The molecule has 1 amide bonds. The van der Waals surface area contributed by atoms with Gasteiger partial charge in [-0.05, 0) is 24.3 Å². The summed E-state index contributed by atoms with van der Waals surface area (Å²) in [5.41, 5.74) is 2.38. The number of benzene rings is 1. The summed E-state index contributed by atoms with van der Waals surface area (Å²) >= 11 is 16.1. The molecule has 0 aliphatic heterocycles. The van der Waals surface area contributed by atoms with Gasteiger partial charge in [0.2, 0.25) is 3.79 Å². The van der Waals surface area contributed by atoms with E-state index in [0.29, 0.717) is 0 Å². The molecule has 0 spiro atoms. The van der Waals surface area contributed by atoms with Gasteiger partial charge in [-0.1, -0.05) is 34.8 Å². The minimum absolute atomic E-state index is 0.253. The number of rotatable bonds is 2. The molecule has 0 bridgehead atoms. The Balaban J connectivity index is 2.60. The molecule has 0 aliphatic rings. The molecule has 0 saturated carbocycles. The lowest BCUT2D eigenvalue weighted by Crippen LogP contribution is -2.19. The molecule has 0 unspecified atom stereocenters. The van der Waals surface area contributed by atoms with Crippen LogP contribution in [0.4, 0.5) is 4.39 Å². The van der Waals surface area contributed by atoms with Crippen molar-refractivity contribution in [2.75, 3.05) is 0 Å². The maximum Gasteiger partial charge on any atom is 0.271 e. The number of amides is 1. The van der Waals surface area contributed by atoms with Gasteiger partial charge in [0.15, 0.2) is 0 Å². The van der Waals surface area contributed by atoms with Crippen LogP contribution in [0.15, 0.2) is 29.4 Å². The predicted molar refractivity (Wildman–Crippen MR) is 62.6 cm³/mol. The first-order chi connectivity index (χ1) is 7.38. The first-order valence-electron chi connectivity index (χ1n) is 4.05. The summed E-state index contributed by atoms with van der Waals surface area (Å²) in [5.74, 6) is -0.952. The quantitative estimate of drug-likeness (QED) is 0.506. The normalized spacial score (nSPS) is 11.8. The fourth-order valence-corrected chi connectivity index (χ4v) is 0.976. The van der Waals surface area contributed by atoms with Crippen LogP contribution in [0.2, 0.25) is 0 Å². The maximum absolute atomic E-state index is 12.5. The second-order valence-corrected chi connectivity index (χ2v) is 5.12. The lowest BCUT2D eigenvalue weighted by Gasteiger charge is -2.02. The van der Waals surface area contributed by atoms with Gasteiger partial charge in [0.05, 0.1) is 6.21 Å². The second kappa shape index (κ2) is 5.48. The highest BCUT2D eigenvalue weighted by molar-refractivity contribution is 6.74. The third-order valence-corrected chi connectivity index (χ3v) is 1.78. The number of hydrogen-bond acceptors (Lipinski definition) is 2. The molecular formula is C9H6Cl3FN2O. The van der Waals surface area contributed by atoms with E-state index in [-0.39, 0.29) is 5.56 Å². The Bertz CT molecular complexity index is 400. The topological polar surface area (TPSA) is 41.5 Å². The third-order valence-electron chi connectivity index (χ3n) is 1.48. The number of nitrogens with one attached hydrogen (secondary N) is 1. The smallest absolute Gasteiger partial charge is 0.267 e. The Morgan fingerprint density at radius 1 is 1.31 bits per heavy atom. The van der Waals surface area contributed by atoms with Gasteiger partial charge in [0.1, 0.15) is 5.82 Å². The fourth-order valence-electron chi connectivity index (χ4n) is 0.830. The Kier molecular flexibility index (Phi) is 4.53. The number of carbonyl (C=O) groups excluding carboxylic acids is 1.